The molecular formula is C14H11BrCl2O2. The van der Waals surface area contributed by atoms with Crippen molar-refractivity contribution in [3.05, 3.63) is 56.5 Å². The molecule has 0 spiro atoms. The fourth-order valence-electron chi connectivity index (χ4n) is 1.62. The average molecular weight is 362 g/mol. The zero-order valence-electron chi connectivity index (χ0n) is 10.0. The van der Waals surface area contributed by atoms with Gasteiger partial charge >= 0.3 is 0 Å². The van der Waals surface area contributed by atoms with E-state index < -0.39 is 6.10 Å². The average Bonchev–Trinajstić information content (AvgIpc) is 2.36. The third-order valence-corrected chi connectivity index (χ3v) is 3.85. The van der Waals surface area contributed by atoms with Crippen molar-refractivity contribution in [1.29, 1.82) is 0 Å². The Labute approximate surface area is 130 Å². The molecule has 0 amide bonds. The van der Waals surface area contributed by atoms with Crippen molar-refractivity contribution in [3.8, 4) is 11.5 Å². The highest BCUT2D eigenvalue weighted by molar-refractivity contribution is 9.10. The predicted molar refractivity (Wildman–Crippen MR) is 81.3 cm³/mol. The fraction of sp³-hybridized carbons (Fsp3) is 0.143. The Kier molecular flexibility index (Phi) is 4.74. The van der Waals surface area contributed by atoms with Gasteiger partial charge in [-0.1, -0.05) is 45.2 Å². The van der Waals surface area contributed by atoms with Gasteiger partial charge in [0.25, 0.3) is 0 Å². The number of ether oxygens (including phenoxy) is 1. The Morgan fingerprint density at radius 3 is 2.58 bits per heavy atom. The van der Waals surface area contributed by atoms with Crippen LogP contribution in [0.15, 0.2) is 40.9 Å². The zero-order valence-corrected chi connectivity index (χ0v) is 13.1. The molecule has 0 fully saturated rings. The molecular weight excluding hydrogens is 351 g/mol. The second kappa shape index (κ2) is 6.14. The van der Waals surface area contributed by atoms with Crippen LogP contribution >= 0.6 is 39.1 Å². The molecule has 2 nitrogen and oxygen atoms in total. The molecule has 1 atom stereocenters. The van der Waals surface area contributed by atoms with Gasteiger partial charge in [-0.2, -0.15) is 0 Å². The van der Waals surface area contributed by atoms with Gasteiger partial charge in [-0.05, 0) is 37.3 Å². The van der Waals surface area contributed by atoms with Crippen LogP contribution < -0.4 is 4.74 Å². The summed E-state index contributed by atoms with van der Waals surface area (Å²) in [5.74, 6) is 1.00. The lowest BCUT2D eigenvalue weighted by Crippen LogP contribution is -1.96. The number of rotatable bonds is 3. The molecule has 0 aliphatic heterocycles. The van der Waals surface area contributed by atoms with Crippen molar-refractivity contribution < 1.29 is 9.84 Å². The summed E-state index contributed by atoms with van der Waals surface area (Å²) in [6.45, 7) is 1.67. The van der Waals surface area contributed by atoms with E-state index in [2.05, 4.69) is 15.9 Å². The molecule has 5 heteroatoms. The van der Waals surface area contributed by atoms with Crippen LogP contribution in [0.2, 0.25) is 10.0 Å². The number of halogens is 3. The van der Waals surface area contributed by atoms with Gasteiger partial charge in [0.05, 0.1) is 11.1 Å². The third kappa shape index (κ3) is 3.42. The molecule has 1 N–H and O–H groups in total. The van der Waals surface area contributed by atoms with E-state index in [0.29, 0.717) is 27.1 Å². The van der Waals surface area contributed by atoms with Gasteiger partial charge < -0.3 is 9.84 Å². The summed E-state index contributed by atoms with van der Waals surface area (Å²) < 4.78 is 6.61. The smallest absolute Gasteiger partial charge is 0.147 e. The van der Waals surface area contributed by atoms with Crippen LogP contribution in [0.5, 0.6) is 11.5 Å². The van der Waals surface area contributed by atoms with E-state index in [1.54, 1.807) is 37.3 Å². The summed E-state index contributed by atoms with van der Waals surface area (Å²) in [5, 5.41) is 10.5. The van der Waals surface area contributed by atoms with Gasteiger partial charge in [-0.25, -0.2) is 0 Å². The largest absolute Gasteiger partial charge is 0.455 e. The molecule has 0 aliphatic carbocycles. The molecule has 2 aromatic rings. The van der Waals surface area contributed by atoms with Gasteiger partial charge in [-0.15, -0.1) is 0 Å². The van der Waals surface area contributed by atoms with Crippen LogP contribution in [0, 0.1) is 0 Å². The van der Waals surface area contributed by atoms with Crippen molar-refractivity contribution in [1.82, 2.24) is 0 Å². The van der Waals surface area contributed by atoms with E-state index in [1.165, 1.54) is 0 Å². The lowest BCUT2D eigenvalue weighted by Gasteiger charge is -2.14. The third-order valence-electron chi connectivity index (χ3n) is 2.56. The maximum Gasteiger partial charge on any atom is 0.147 e. The Morgan fingerprint density at radius 2 is 1.89 bits per heavy atom. The van der Waals surface area contributed by atoms with Crippen molar-refractivity contribution in [2.45, 2.75) is 13.0 Å². The summed E-state index contributed by atoms with van der Waals surface area (Å²) in [4.78, 5) is 0. The number of hydrogen-bond acceptors (Lipinski definition) is 2. The Bertz CT molecular complexity index is 600. The number of aliphatic hydroxyl groups excluding tert-OH is 1. The first-order chi connectivity index (χ1) is 8.99. The highest BCUT2D eigenvalue weighted by atomic mass is 79.9. The molecule has 0 heterocycles. The normalized spacial score (nSPS) is 12.3. The van der Waals surface area contributed by atoms with Crippen LogP contribution in [-0.2, 0) is 0 Å². The minimum atomic E-state index is -0.648. The molecule has 0 aromatic heterocycles. The van der Waals surface area contributed by atoms with Crippen LogP contribution in [0.3, 0.4) is 0 Å². The van der Waals surface area contributed by atoms with Gasteiger partial charge in [0.15, 0.2) is 0 Å². The molecule has 0 radical (unpaired) electrons. The zero-order chi connectivity index (χ0) is 14.0. The van der Waals surface area contributed by atoms with Gasteiger partial charge in [0.2, 0.25) is 0 Å². The van der Waals surface area contributed by atoms with Crippen molar-refractivity contribution in [2.24, 2.45) is 0 Å². The van der Waals surface area contributed by atoms with E-state index in [9.17, 15) is 5.11 Å². The predicted octanol–water partition coefficient (Wildman–Crippen LogP) is 5.60. The first-order valence-corrected chi connectivity index (χ1v) is 7.13. The molecule has 0 saturated heterocycles. The van der Waals surface area contributed by atoms with E-state index in [0.717, 1.165) is 4.47 Å². The standard InChI is InChI=1S/C14H11BrCl2O2/c1-8(18)10-7-9(15)5-6-12(10)19-13-4-2-3-11(16)14(13)17/h2-8,18H,1H3. The molecule has 0 bridgehead atoms. The lowest BCUT2D eigenvalue weighted by atomic mass is 10.1. The van der Waals surface area contributed by atoms with Gasteiger partial charge in [0.1, 0.15) is 16.5 Å². The molecule has 19 heavy (non-hydrogen) atoms. The maximum absolute atomic E-state index is 9.77. The number of aliphatic hydroxyl groups is 1. The fourth-order valence-corrected chi connectivity index (χ4v) is 2.33. The topological polar surface area (TPSA) is 29.5 Å². The minimum Gasteiger partial charge on any atom is -0.455 e. The van der Waals surface area contributed by atoms with Crippen molar-refractivity contribution >= 4 is 39.1 Å². The molecule has 2 rings (SSSR count). The highest BCUT2D eigenvalue weighted by Crippen LogP contribution is 2.37. The van der Waals surface area contributed by atoms with Crippen molar-refractivity contribution in [2.75, 3.05) is 0 Å². The Morgan fingerprint density at radius 1 is 1.16 bits per heavy atom. The Balaban J connectivity index is 2.41. The SMILES string of the molecule is CC(O)c1cc(Br)ccc1Oc1cccc(Cl)c1Cl. The van der Waals surface area contributed by atoms with Crippen molar-refractivity contribution in [3.63, 3.8) is 0 Å². The summed E-state index contributed by atoms with van der Waals surface area (Å²) in [5.41, 5.74) is 0.672. The van der Waals surface area contributed by atoms with Gasteiger partial charge in [-0.3, -0.25) is 0 Å². The first-order valence-electron chi connectivity index (χ1n) is 5.58. The van der Waals surface area contributed by atoms with E-state index >= 15 is 0 Å². The second-order valence-corrected chi connectivity index (χ2v) is 5.71. The maximum atomic E-state index is 9.77. The molecule has 0 saturated carbocycles. The summed E-state index contributed by atoms with van der Waals surface area (Å²) in [7, 11) is 0. The highest BCUT2D eigenvalue weighted by Gasteiger charge is 2.13. The number of benzene rings is 2. The molecule has 0 aliphatic rings. The van der Waals surface area contributed by atoms with Crippen LogP contribution in [0.25, 0.3) is 0 Å². The molecule has 100 valence electrons. The van der Waals surface area contributed by atoms with Crippen LogP contribution in [0.4, 0.5) is 0 Å². The number of hydrogen-bond donors (Lipinski definition) is 1. The van der Waals surface area contributed by atoms with E-state index in [4.69, 9.17) is 27.9 Å². The van der Waals surface area contributed by atoms with E-state index in [1.807, 2.05) is 6.07 Å². The van der Waals surface area contributed by atoms with E-state index in [-0.39, 0.29) is 0 Å². The quantitative estimate of drug-likeness (QED) is 0.770. The molecule has 2 aromatic carbocycles. The minimum absolute atomic E-state index is 0.351. The van der Waals surface area contributed by atoms with Crippen LogP contribution in [-0.4, -0.2) is 5.11 Å². The summed E-state index contributed by atoms with van der Waals surface area (Å²) in [6.07, 6.45) is -0.648. The lowest BCUT2D eigenvalue weighted by molar-refractivity contribution is 0.195. The van der Waals surface area contributed by atoms with Gasteiger partial charge in [0, 0.05) is 10.0 Å². The van der Waals surface area contributed by atoms with Crippen LogP contribution in [0.1, 0.15) is 18.6 Å². The summed E-state index contributed by atoms with van der Waals surface area (Å²) in [6, 6.07) is 10.6. The first kappa shape index (κ1) is 14.7. The summed E-state index contributed by atoms with van der Waals surface area (Å²) >= 11 is 15.4. The molecule has 1 unspecified atom stereocenters. The monoisotopic (exact) mass is 360 g/mol. The Hall–Kier alpha value is -0.740. The second-order valence-electron chi connectivity index (χ2n) is 4.01.